The number of carbonyl (C=O) groups excluding carboxylic acids is 3. The minimum atomic E-state index is -1.15. The van der Waals surface area contributed by atoms with Crippen molar-refractivity contribution in [1.29, 1.82) is 0 Å². The molecule has 0 radical (unpaired) electrons. The number of nitrogens with zero attached hydrogens (tertiary/aromatic N) is 5. The van der Waals surface area contributed by atoms with Gasteiger partial charge in [-0.1, -0.05) is 45.9 Å². The van der Waals surface area contributed by atoms with Gasteiger partial charge in [0.2, 0.25) is 17.2 Å². The molecule has 3 aromatic heterocycles. The normalized spacial score (nSPS) is 17.8. The molecule has 0 saturated carbocycles. The summed E-state index contributed by atoms with van der Waals surface area (Å²) in [7, 11) is 2.70. The van der Waals surface area contributed by atoms with Crippen LogP contribution in [0.1, 0.15) is 77.1 Å². The zero-order valence-corrected chi connectivity index (χ0v) is 35.0. The van der Waals surface area contributed by atoms with Crippen molar-refractivity contribution in [2.75, 3.05) is 27.2 Å². The molecule has 16 nitrogen and oxygen atoms in total. The van der Waals surface area contributed by atoms with Crippen molar-refractivity contribution in [2.24, 2.45) is 11.8 Å². The highest BCUT2D eigenvalue weighted by atomic mass is 16.5. The number of carbonyl (C=O) groups is 4. The number of ether oxygens (including phenoxy) is 1. The van der Waals surface area contributed by atoms with Crippen LogP contribution >= 0.6 is 0 Å². The first-order valence-electron chi connectivity index (χ1n) is 20.7. The Labute approximate surface area is 351 Å². The van der Waals surface area contributed by atoms with Crippen LogP contribution in [0.3, 0.4) is 0 Å². The molecule has 61 heavy (non-hydrogen) atoms. The summed E-state index contributed by atoms with van der Waals surface area (Å²) in [4.78, 5) is 86.3. The fourth-order valence-electron chi connectivity index (χ4n) is 9.01. The number of H-pyrrole nitrogens is 2. The van der Waals surface area contributed by atoms with Crippen LogP contribution in [0.15, 0.2) is 70.1 Å². The summed E-state index contributed by atoms with van der Waals surface area (Å²) in [5.41, 5.74) is 3.74. The lowest BCUT2D eigenvalue weighted by molar-refractivity contribution is -0.138. The average Bonchev–Trinajstić information content (AvgIpc) is 4.09. The molecule has 8 rings (SSSR count). The molecule has 0 aliphatic carbocycles. The van der Waals surface area contributed by atoms with Crippen LogP contribution in [0.5, 0.6) is 0 Å². The number of fused-ring (bicyclic) bond motifs is 4. The Morgan fingerprint density at radius 1 is 0.820 bits per heavy atom. The number of alkyl carbamates (subject to hydrolysis) is 1. The molecule has 6 aromatic rings. The fourth-order valence-corrected chi connectivity index (χ4v) is 9.01. The molecule has 0 spiro atoms. The number of likely N-dealkylation sites (tertiary alicyclic amines) is 2. The van der Waals surface area contributed by atoms with E-state index in [1.54, 1.807) is 40.4 Å². The number of hydrogen-bond donors (Lipinski definition) is 4. The van der Waals surface area contributed by atoms with E-state index >= 15 is 0 Å². The molecule has 2 fully saturated rings. The standard InChI is InChI=1S/C45H50N8O8/c1-23(2)37(50-44(57)60-6)42(55)52-17-7-9-32(52)40-47-22-31(49-40)27-13-15-34-29(20-27)39(54)36-28-14-11-26(19-25(28)12-16-35(36)61-34)30-21-46-41(48-30)33-10-8-18-53(33)43(56)38(24(3)4)51(5)45(58)59/h11-16,19-24,32-33,37-38H,7-10,17-18H2,1-6H3,(H,46,48)(H,47,49)(H,50,57)(H,58,59)/t32-,33-,37?,38?/m0/s1. The third-order valence-corrected chi connectivity index (χ3v) is 12.2. The van der Waals surface area contributed by atoms with Gasteiger partial charge in [0.05, 0.1) is 53.7 Å². The summed E-state index contributed by atoms with van der Waals surface area (Å²) in [6.45, 7) is 8.48. The van der Waals surface area contributed by atoms with Gasteiger partial charge in [0.15, 0.2) is 0 Å². The average molecular weight is 831 g/mol. The first-order valence-corrected chi connectivity index (χ1v) is 20.7. The molecule has 3 aromatic carbocycles. The number of imidazole rings is 2. The molecule has 5 heterocycles. The maximum Gasteiger partial charge on any atom is 0.407 e. The Bertz CT molecular complexity index is 2740. The van der Waals surface area contributed by atoms with E-state index in [9.17, 15) is 29.1 Å². The smallest absolute Gasteiger partial charge is 0.407 e. The van der Waals surface area contributed by atoms with Crippen molar-refractivity contribution in [3.63, 3.8) is 0 Å². The van der Waals surface area contributed by atoms with E-state index < -0.39 is 24.3 Å². The minimum Gasteiger partial charge on any atom is -0.465 e. The lowest BCUT2D eigenvalue weighted by Crippen LogP contribution is -2.51. The third-order valence-electron chi connectivity index (χ3n) is 12.2. The second kappa shape index (κ2) is 16.4. The van der Waals surface area contributed by atoms with Crippen molar-refractivity contribution >= 4 is 56.7 Å². The number of rotatable bonds is 10. The van der Waals surface area contributed by atoms with Gasteiger partial charge in [-0.15, -0.1) is 0 Å². The van der Waals surface area contributed by atoms with Crippen molar-refractivity contribution in [3.05, 3.63) is 82.8 Å². The molecule has 16 heteroatoms. The van der Waals surface area contributed by atoms with Crippen LogP contribution in [-0.4, -0.2) is 103 Å². The zero-order chi connectivity index (χ0) is 43.3. The van der Waals surface area contributed by atoms with E-state index in [0.717, 1.165) is 45.3 Å². The zero-order valence-electron chi connectivity index (χ0n) is 35.0. The van der Waals surface area contributed by atoms with Crippen LogP contribution < -0.4 is 10.7 Å². The van der Waals surface area contributed by atoms with Gasteiger partial charge in [0.1, 0.15) is 34.9 Å². The molecule has 2 unspecified atom stereocenters. The van der Waals surface area contributed by atoms with Gasteiger partial charge in [-0.3, -0.25) is 19.3 Å². The molecule has 0 bridgehead atoms. The lowest BCUT2D eigenvalue weighted by atomic mass is 10.00. The van der Waals surface area contributed by atoms with Gasteiger partial charge in [-0.2, -0.15) is 0 Å². The molecule has 4 atom stereocenters. The fraction of sp³-hybridized carbons (Fsp3) is 0.400. The van der Waals surface area contributed by atoms with Gasteiger partial charge in [-0.05, 0) is 78.6 Å². The second-order valence-corrected chi connectivity index (χ2v) is 16.7. The molecule has 2 aliphatic rings. The van der Waals surface area contributed by atoms with Crippen LogP contribution in [0, 0.1) is 11.8 Å². The monoisotopic (exact) mass is 830 g/mol. The van der Waals surface area contributed by atoms with Crippen molar-refractivity contribution < 1.29 is 33.4 Å². The summed E-state index contributed by atoms with van der Waals surface area (Å²) in [6.07, 6.45) is 4.60. The first-order chi connectivity index (χ1) is 29.2. The number of aromatic amines is 2. The number of aromatic nitrogens is 4. The van der Waals surface area contributed by atoms with E-state index in [2.05, 4.69) is 25.3 Å². The Morgan fingerprint density at radius 2 is 1.41 bits per heavy atom. The Balaban J connectivity index is 1.06. The number of amides is 4. The van der Waals surface area contributed by atoms with E-state index in [-0.39, 0.29) is 41.2 Å². The van der Waals surface area contributed by atoms with E-state index in [0.29, 0.717) is 65.2 Å². The molecule has 4 N–H and O–H groups in total. The van der Waals surface area contributed by atoms with Crippen LogP contribution in [0.2, 0.25) is 0 Å². The van der Waals surface area contributed by atoms with Crippen LogP contribution in [-0.2, 0) is 14.3 Å². The maximum absolute atomic E-state index is 14.3. The molecule has 2 saturated heterocycles. The van der Waals surface area contributed by atoms with E-state index in [1.165, 1.54) is 14.2 Å². The van der Waals surface area contributed by atoms with Gasteiger partial charge in [0, 0.05) is 31.3 Å². The summed E-state index contributed by atoms with van der Waals surface area (Å²) in [6, 6.07) is 12.8. The summed E-state index contributed by atoms with van der Waals surface area (Å²) < 4.78 is 11.1. The Kier molecular flexibility index (Phi) is 11.0. The molecular weight excluding hydrogens is 781 g/mol. The van der Waals surface area contributed by atoms with Gasteiger partial charge in [-0.25, -0.2) is 19.6 Å². The molecular formula is C45H50N8O8. The number of likely N-dealkylation sites (N-methyl/N-ethyl adjacent to an activating group) is 1. The van der Waals surface area contributed by atoms with Crippen LogP contribution in [0.25, 0.3) is 55.2 Å². The Morgan fingerprint density at radius 3 is 2.00 bits per heavy atom. The largest absolute Gasteiger partial charge is 0.465 e. The number of methoxy groups -OCH3 is 1. The van der Waals surface area contributed by atoms with E-state index in [1.807, 2.05) is 58.0 Å². The summed E-state index contributed by atoms with van der Waals surface area (Å²) in [5.74, 6) is 0.460. The molecule has 4 amide bonds. The number of carboxylic acid groups (broad SMARTS) is 1. The first kappa shape index (κ1) is 41.0. The second-order valence-electron chi connectivity index (χ2n) is 16.7. The minimum absolute atomic E-state index is 0.155. The SMILES string of the molecule is COC(=O)NC(C(=O)N1CCC[C@H]1c1ncc(-c2ccc3oc4ccc5cc(-c6cnc([C@@H]7CCCN7C(=O)C(C(C)C)N(C)C(=O)O)[nH]6)ccc5c4c(=O)c3c2)[nH]1)C(C)C. The highest BCUT2D eigenvalue weighted by Crippen LogP contribution is 2.36. The van der Waals surface area contributed by atoms with Crippen molar-refractivity contribution in [3.8, 4) is 22.5 Å². The topological polar surface area (TPSA) is 207 Å². The highest BCUT2D eigenvalue weighted by Gasteiger charge is 2.40. The van der Waals surface area contributed by atoms with Gasteiger partial charge in [0.25, 0.3) is 0 Å². The Hall–Kier alpha value is -6.71. The molecule has 318 valence electrons. The predicted octanol–water partition coefficient (Wildman–Crippen LogP) is 7.22. The number of nitrogens with one attached hydrogen (secondary N) is 3. The number of benzene rings is 3. The quantitative estimate of drug-likeness (QED) is 0.0805. The third kappa shape index (κ3) is 7.55. The summed E-state index contributed by atoms with van der Waals surface area (Å²) >= 11 is 0. The maximum atomic E-state index is 14.3. The predicted molar refractivity (Wildman–Crippen MR) is 229 cm³/mol. The van der Waals surface area contributed by atoms with Crippen LogP contribution in [0.4, 0.5) is 9.59 Å². The highest BCUT2D eigenvalue weighted by molar-refractivity contribution is 6.09. The van der Waals surface area contributed by atoms with Gasteiger partial charge >= 0.3 is 12.2 Å². The lowest BCUT2D eigenvalue weighted by Gasteiger charge is -2.33. The van der Waals surface area contributed by atoms with Crippen molar-refractivity contribution in [1.82, 2.24) is 40.0 Å². The molecule has 2 aliphatic heterocycles. The van der Waals surface area contributed by atoms with E-state index in [4.69, 9.17) is 9.15 Å². The number of hydrogen-bond acceptors (Lipinski definition) is 9. The van der Waals surface area contributed by atoms with Gasteiger partial charge < -0.3 is 39.3 Å². The summed E-state index contributed by atoms with van der Waals surface area (Å²) in [5, 5.41) is 14.7. The van der Waals surface area contributed by atoms with Crippen molar-refractivity contribution in [2.45, 2.75) is 77.5 Å².